The standard InChI is InChI=1S/C44H65N2O3/c1-30(2)11-10-12-31(3)37-20-21-38-36-19-16-33-27-35(22-24-43(33,4)39(36)23-25-44(37,38)5)49-42(47)29-45-28-40(32-14-17-34(48-6)18-15-32)46-26-9-7-8-13-41(45)46/h14-18,28,30-31,35-39H,7-13,19-27,29H2,1-6H3/q+1/t31-,35-,36+,37-,38+,39+,43-,44-/m0/s1. The van der Waals surface area contributed by atoms with Crippen LogP contribution in [0.5, 0.6) is 5.75 Å². The topological polar surface area (TPSA) is 44.3 Å². The SMILES string of the molecule is COc1ccc(-c2c[n+](CC(=O)O[C@H]3CC[C@@]4(C)C(=CC[C@@H]5[C@H]6CC[C@@H]([C@@H](C)CCCC(C)C)[C@]6(C)CC[C@H]54)C3)c3n2CCCCC3)cc1. The van der Waals surface area contributed by atoms with Crippen molar-refractivity contribution >= 4 is 5.97 Å². The summed E-state index contributed by atoms with van der Waals surface area (Å²) in [6, 6.07) is 8.31. The minimum Gasteiger partial charge on any atom is -0.497 e. The van der Waals surface area contributed by atoms with Crippen LogP contribution in [0.2, 0.25) is 0 Å². The lowest BCUT2D eigenvalue weighted by atomic mass is 9.47. The van der Waals surface area contributed by atoms with Crippen molar-refractivity contribution in [1.29, 1.82) is 0 Å². The first-order chi connectivity index (χ1) is 23.6. The molecule has 0 amide bonds. The average molecular weight is 670 g/mol. The summed E-state index contributed by atoms with van der Waals surface area (Å²) in [5.74, 6) is 7.12. The van der Waals surface area contributed by atoms with Crippen LogP contribution in [0.4, 0.5) is 0 Å². The quantitative estimate of drug-likeness (QED) is 0.144. The van der Waals surface area contributed by atoms with Crippen molar-refractivity contribution in [2.45, 2.75) is 150 Å². The molecule has 5 aliphatic rings. The highest BCUT2D eigenvalue weighted by Crippen LogP contribution is 2.67. The van der Waals surface area contributed by atoms with Gasteiger partial charge in [0, 0.05) is 18.4 Å². The maximum absolute atomic E-state index is 13.6. The molecular formula is C44H65N2O3+. The zero-order valence-electron chi connectivity index (χ0n) is 31.6. The molecule has 0 N–H and O–H groups in total. The summed E-state index contributed by atoms with van der Waals surface area (Å²) in [7, 11) is 1.71. The Kier molecular flexibility index (Phi) is 10.1. The number of hydrogen-bond donors (Lipinski definition) is 0. The Labute approximate surface area is 297 Å². The van der Waals surface area contributed by atoms with Crippen LogP contribution in [0, 0.1) is 46.3 Å². The number of allylic oxidation sites excluding steroid dienone is 1. The average Bonchev–Trinajstić information content (AvgIpc) is 3.50. The van der Waals surface area contributed by atoms with Crippen LogP contribution in [0.15, 0.2) is 42.1 Å². The van der Waals surface area contributed by atoms with Crippen LogP contribution >= 0.6 is 0 Å². The number of benzene rings is 1. The Balaban J connectivity index is 1.00. The van der Waals surface area contributed by atoms with Crippen molar-refractivity contribution in [2.24, 2.45) is 46.3 Å². The molecule has 0 unspecified atom stereocenters. The highest BCUT2D eigenvalue weighted by Gasteiger charge is 2.59. The molecule has 3 saturated carbocycles. The number of rotatable bonds is 10. The van der Waals surface area contributed by atoms with E-state index in [9.17, 15) is 4.79 Å². The molecule has 0 radical (unpaired) electrons. The van der Waals surface area contributed by atoms with Crippen molar-refractivity contribution in [3.63, 3.8) is 0 Å². The van der Waals surface area contributed by atoms with E-state index in [2.05, 4.69) is 68.2 Å². The highest BCUT2D eigenvalue weighted by atomic mass is 16.5. The van der Waals surface area contributed by atoms with Crippen LogP contribution in [-0.2, 0) is 29.0 Å². The second kappa shape index (κ2) is 14.2. The summed E-state index contributed by atoms with van der Waals surface area (Å²) < 4.78 is 16.4. The van der Waals surface area contributed by atoms with Gasteiger partial charge in [0.15, 0.2) is 12.2 Å². The van der Waals surface area contributed by atoms with Gasteiger partial charge in [-0.1, -0.05) is 65.5 Å². The number of methoxy groups -OCH3 is 1. The first kappa shape index (κ1) is 34.9. The Hall–Kier alpha value is -2.56. The molecule has 2 aromatic rings. The number of aromatic nitrogens is 2. The first-order valence-corrected chi connectivity index (χ1v) is 20.3. The fourth-order valence-electron chi connectivity index (χ4n) is 12.1. The smallest absolute Gasteiger partial charge is 0.348 e. The number of carbonyl (C=O) groups is 1. The van der Waals surface area contributed by atoms with Crippen molar-refractivity contribution in [2.75, 3.05) is 7.11 Å². The van der Waals surface area contributed by atoms with Crippen LogP contribution in [0.25, 0.3) is 11.3 Å². The van der Waals surface area contributed by atoms with Crippen molar-refractivity contribution < 1.29 is 18.8 Å². The van der Waals surface area contributed by atoms with Gasteiger partial charge in [0.1, 0.15) is 18.1 Å². The third kappa shape index (κ3) is 6.66. The Morgan fingerprint density at radius 1 is 0.980 bits per heavy atom. The first-order valence-electron chi connectivity index (χ1n) is 20.3. The van der Waals surface area contributed by atoms with Crippen molar-refractivity contribution in [1.82, 2.24) is 4.57 Å². The van der Waals surface area contributed by atoms with Crippen molar-refractivity contribution in [3.05, 3.63) is 47.9 Å². The summed E-state index contributed by atoms with van der Waals surface area (Å²) in [6.45, 7) is 13.9. The molecule has 268 valence electrons. The number of fused-ring (bicyclic) bond motifs is 6. The Bertz CT molecular complexity index is 1500. The number of imidazole rings is 1. The number of hydrogen-bond acceptors (Lipinski definition) is 3. The van der Waals surface area contributed by atoms with Crippen LogP contribution in [0.1, 0.15) is 130 Å². The van der Waals surface area contributed by atoms with E-state index in [0.29, 0.717) is 12.0 Å². The molecule has 1 aliphatic heterocycles. The molecule has 7 rings (SSSR count). The second-order valence-corrected chi connectivity index (χ2v) is 17.9. The van der Waals surface area contributed by atoms with E-state index in [1.807, 2.05) is 12.1 Å². The molecule has 2 heterocycles. The Morgan fingerprint density at radius 2 is 1.80 bits per heavy atom. The molecular weight excluding hydrogens is 604 g/mol. The largest absolute Gasteiger partial charge is 0.497 e. The maximum atomic E-state index is 13.6. The van der Waals surface area contributed by atoms with Crippen LogP contribution in [-0.4, -0.2) is 23.8 Å². The predicted octanol–water partition coefficient (Wildman–Crippen LogP) is 10.1. The van der Waals surface area contributed by atoms with Crippen molar-refractivity contribution in [3.8, 4) is 17.0 Å². The molecule has 3 fully saturated rings. The third-order valence-electron chi connectivity index (χ3n) is 14.7. The minimum atomic E-state index is -0.0836. The maximum Gasteiger partial charge on any atom is 0.348 e. The van der Waals surface area contributed by atoms with Gasteiger partial charge >= 0.3 is 5.97 Å². The monoisotopic (exact) mass is 669 g/mol. The van der Waals surface area contributed by atoms with Gasteiger partial charge in [0.05, 0.1) is 13.7 Å². The number of ether oxygens (including phenoxy) is 2. The van der Waals surface area contributed by atoms with Crippen LogP contribution < -0.4 is 9.30 Å². The van der Waals surface area contributed by atoms with Gasteiger partial charge in [-0.05, 0) is 135 Å². The summed E-state index contributed by atoms with van der Waals surface area (Å²) >= 11 is 0. The lowest BCUT2D eigenvalue weighted by Gasteiger charge is -2.58. The van der Waals surface area contributed by atoms with Crippen LogP contribution in [0.3, 0.4) is 0 Å². The molecule has 0 bridgehead atoms. The van der Waals surface area contributed by atoms with E-state index in [4.69, 9.17) is 9.47 Å². The molecule has 0 saturated heterocycles. The molecule has 49 heavy (non-hydrogen) atoms. The molecule has 4 aliphatic carbocycles. The zero-order valence-corrected chi connectivity index (χ0v) is 31.6. The summed E-state index contributed by atoms with van der Waals surface area (Å²) in [6.07, 6.45) is 23.6. The molecule has 0 spiro atoms. The van der Waals surface area contributed by atoms with E-state index >= 15 is 0 Å². The van der Waals surface area contributed by atoms with E-state index < -0.39 is 0 Å². The lowest BCUT2D eigenvalue weighted by Crippen LogP contribution is -2.51. The molecule has 5 nitrogen and oxygen atoms in total. The predicted molar refractivity (Wildman–Crippen MR) is 197 cm³/mol. The normalized spacial score (nSPS) is 33.0. The van der Waals surface area contributed by atoms with Gasteiger partial charge in [-0.2, -0.15) is 0 Å². The van der Waals surface area contributed by atoms with E-state index in [1.54, 1.807) is 12.7 Å². The number of esters is 1. The van der Waals surface area contributed by atoms with Gasteiger partial charge in [0.25, 0.3) is 5.82 Å². The fraction of sp³-hybridized carbons (Fsp3) is 0.727. The van der Waals surface area contributed by atoms with Gasteiger partial charge in [-0.3, -0.25) is 0 Å². The summed E-state index contributed by atoms with van der Waals surface area (Å²) in [5.41, 5.74) is 4.74. The van der Waals surface area contributed by atoms with E-state index in [1.165, 1.54) is 75.7 Å². The third-order valence-corrected chi connectivity index (χ3v) is 14.7. The molecule has 1 aromatic carbocycles. The second-order valence-electron chi connectivity index (χ2n) is 17.9. The van der Waals surface area contributed by atoms with E-state index in [0.717, 1.165) is 85.5 Å². The Morgan fingerprint density at radius 3 is 2.57 bits per heavy atom. The number of nitrogens with zero attached hydrogens (tertiary/aromatic N) is 2. The highest BCUT2D eigenvalue weighted by molar-refractivity contribution is 5.68. The molecule has 5 heteroatoms. The molecule has 8 atom stereocenters. The summed E-state index contributed by atoms with van der Waals surface area (Å²) in [4.78, 5) is 13.6. The van der Waals surface area contributed by atoms with Gasteiger partial charge in [-0.15, -0.1) is 0 Å². The van der Waals surface area contributed by atoms with E-state index in [-0.39, 0.29) is 17.5 Å². The summed E-state index contributed by atoms with van der Waals surface area (Å²) in [5, 5.41) is 0. The minimum absolute atomic E-state index is 0.00246. The van der Waals surface area contributed by atoms with Gasteiger partial charge < -0.3 is 9.47 Å². The fourth-order valence-corrected chi connectivity index (χ4v) is 12.1. The zero-order chi connectivity index (χ0) is 34.3. The van der Waals surface area contributed by atoms with Gasteiger partial charge in [0.2, 0.25) is 0 Å². The lowest BCUT2D eigenvalue weighted by molar-refractivity contribution is -0.692. The number of carbonyl (C=O) groups excluding carboxylic acids is 1. The van der Waals surface area contributed by atoms with Gasteiger partial charge in [-0.25, -0.2) is 13.9 Å². The molecule has 1 aromatic heterocycles.